The second-order valence-electron chi connectivity index (χ2n) is 11.4. The normalized spacial score (nSPS) is 40.4. The quantitative estimate of drug-likeness (QED) is 0.317. The number of aliphatic hydroxyl groups is 4. The summed E-state index contributed by atoms with van der Waals surface area (Å²) < 4.78 is 51.4. The molecule has 3 aliphatic carbocycles. The number of ether oxygens (including phenoxy) is 1. The minimum Gasteiger partial charge on any atom is -0.396 e. The molecule has 3 aliphatic rings. The van der Waals surface area contributed by atoms with Crippen LogP contribution in [0.5, 0.6) is 0 Å². The number of allylic oxidation sites excluding steroid dienone is 3. The molecule has 3 saturated carbocycles. The van der Waals surface area contributed by atoms with Crippen LogP contribution in [-0.4, -0.2) is 57.6 Å². The number of hydrogen-bond donors (Lipinski definition) is 4. The Hall–Kier alpha value is -0.980. The summed E-state index contributed by atoms with van der Waals surface area (Å²) in [4.78, 5) is 0. The van der Waals surface area contributed by atoms with Gasteiger partial charge in [0.2, 0.25) is 0 Å². The standard InChI is InChI=1S/C30H50O5/c1-20(9-6-15-29(3,4)34)24-13-14-25-22(10-7-16-30(24,25)5)11-12-23-19-26(32)28(27(33)21(23)2)35-18-8-17-31/h11-12,20,24-28,31-34H,2,6-10,13-19H2,1,3-5H3/b22-11+,23-12-/t20-,24-,25+,26-,27-,28-,30-/m1/s1/i3D3,4D3. The van der Waals surface area contributed by atoms with Crippen molar-refractivity contribution in [2.75, 3.05) is 13.2 Å². The van der Waals surface area contributed by atoms with Crippen LogP contribution in [0.25, 0.3) is 0 Å². The zero-order valence-corrected chi connectivity index (χ0v) is 21.5. The Bertz CT molecular complexity index is 959. The second-order valence-corrected chi connectivity index (χ2v) is 11.4. The molecule has 5 nitrogen and oxygen atoms in total. The predicted octanol–water partition coefficient (Wildman–Crippen LogP) is 5.08. The fourth-order valence-electron chi connectivity index (χ4n) is 7.04. The van der Waals surface area contributed by atoms with Crippen molar-refractivity contribution in [2.45, 2.75) is 116 Å². The van der Waals surface area contributed by atoms with Gasteiger partial charge in [-0.05, 0) is 93.0 Å². The molecule has 7 atom stereocenters. The summed E-state index contributed by atoms with van der Waals surface area (Å²) in [7, 11) is 0. The maximum Gasteiger partial charge on any atom is 0.114 e. The van der Waals surface area contributed by atoms with E-state index in [0.29, 0.717) is 43.1 Å². The Morgan fingerprint density at radius 2 is 2.03 bits per heavy atom. The van der Waals surface area contributed by atoms with Crippen LogP contribution in [0.2, 0.25) is 0 Å². The van der Waals surface area contributed by atoms with E-state index in [1.807, 2.05) is 6.08 Å². The molecule has 0 bridgehead atoms. The van der Waals surface area contributed by atoms with E-state index in [1.165, 1.54) is 5.57 Å². The van der Waals surface area contributed by atoms with E-state index >= 15 is 0 Å². The molecule has 3 rings (SSSR count). The van der Waals surface area contributed by atoms with E-state index in [0.717, 1.165) is 37.7 Å². The van der Waals surface area contributed by atoms with Gasteiger partial charge in [-0.3, -0.25) is 0 Å². The molecule has 0 spiro atoms. The van der Waals surface area contributed by atoms with Gasteiger partial charge in [0.1, 0.15) is 12.2 Å². The summed E-state index contributed by atoms with van der Waals surface area (Å²) in [6.07, 6.45) is 8.18. The lowest BCUT2D eigenvalue weighted by molar-refractivity contribution is -0.0968. The van der Waals surface area contributed by atoms with Crippen molar-refractivity contribution in [3.05, 3.63) is 35.5 Å². The van der Waals surface area contributed by atoms with Gasteiger partial charge in [-0.1, -0.05) is 51.0 Å². The average Bonchev–Trinajstić information content (AvgIpc) is 3.23. The molecule has 0 unspecified atom stereocenters. The third kappa shape index (κ3) is 6.87. The van der Waals surface area contributed by atoms with E-state index in [-0.39, 0.29) is 31.0 Å². The fourth-order valence-corrected chi connectivity index (χ4v) is 7.04. The lowest BCUT2D eigenvalue weighted by Crippen LogP contribution is -2.45. The molecule has 5 heteroatoms. The lowest BCUT2D eigenvalue weighted by atomic mass is 9.60. The van der Waals surface area contributed by atoms with Crippen LogP contribution in [0.4, 0.5) is 0 Å². The second kappa shape index (κ2) is 12.0. The van der Waals surface area contributed by atoms with E-state index < -0.39 is 37.6 Å². The summed E-state index contributed by atoms with van der Waals surface area (Å²) in [5.74, 6) is 1.05. The Balaban J connectivity index is 1.67. The molecule has 0 amide bonds. The van der Waals surface area contributed by atoms with Crippen LogP contribution < -0.4 is 0 Å². The molecule has 200 valence electrons. The first-order chi connectivity index (χ1) is 19.0. The third-order valence-corrected chi connectivity index (χ3v) is 8.92. The molecule has 0 radical (unpaired) electrons. The summed E-state index contributed by atoms with van der Waals surface area (Å²) in [6.45, 7) is 2.85. The first-order valence-corrected chi connectivity index (χ1v) is 13.4. The topological polar surface area (TPSA) is 90.2 Å². The van der Waals surface area contributed by atoms with Gasteiger partial charge in [0.05, 0.1) is 11.7 Å². The van der Waals surface area contributed by atoms with Crippen LogP contribution in [0, 0.1) is 23.2 Å². The van der Waals surface area contributed by atoms with Crippen molar-refractivity contribution in [1.82, 2.24) is 0 Å². The van der Waals surface area contributed by atoms with E-state index in [1.54, 1.807) is 0 Å². The number of hydrogen-bond acceptors (Lipinski definition) is 5. The molecule has 0 aromatic carbocycles. The highest BCUT2D eigenvalue weighted by atomic mass is 16.5. The maximum atomic E-state index is 10.7. The highest BCUT2D eigenvalue weighted by Crippen LogP contribution is 2.60. The van der Waals surface area contributed by atoms with Crippen molar-refractivity contribution < 1.29 is 33.4 Å². The van der Waals surface area contributed by atoms with Crippen LogP contribution >= 0.6 is 0 Å². The van der Waals surface area contributed by atoms with Crippen LogP contribution in [0.3, 0.4) is 0 Å². The third-order valence-electron chi connectivity index (χ3n) is 8.92. The molecular formula is C30H50O5. The fraction of sp³-hybridized carbons (Fsp3) is 0.800. The highest BCUT2D eigenvalue weighted by Gasteiger charge is 2.50. The molecule has 3 fully saturated rings. The van der Waals surface area contributed by atoms with E-state index in [2.05, 4.69) is 26.5 Å². The summed E-state index contributed by atoms with van der Waals surface area (Å²) in [5, 5.41) is 41.0. The summed E-state index contributed by atoms with van der Waals surface area (Å²) >= 11 is 0. The van der Waals surface area contributed by atoms with Crippen molar-refractivity contribution in [3.63, 3.8) is 0 Å². The molecule has 0 aliphatic heterocycles. The zero-order valence-electron chi connectivity index (χ0n) is 27.5. The van der Waals surface area contributed by atoms with Gasteiger partial charge < -0.3 is 25.2 Å². The average molecular weight is 497 g/mol. The highest BCUT2D eigenvalue weighted by molar-refractivity contribution is 5.40. The first-order valence-electron chi connectivity index (χ1n) is 16.4. The number of aliphatic hydroxyl groups excluding tert-OH is 3. The van der Waals surface area contributed by atoms with Crippen molar-refractivity contribution in [2.24, 2.45) is 23.2 Å². The molecule has 0 aromatic rings. The SMILES string of the molecule is [2H]C([2H])([2H])C(O)(CCC[C@@H](C)[C@H]1CC[C@H]2/C(=C/C=C3/C[C@@H](O)[C@@H](OCCCO)[C@H](O)C3=C)CCC[C@]12C)C([2H])([2H])[2H]. The molecule has 0 saturated heterocycles. The zero-order chi connectivity index (χ0) is 30.8. The largest absolute Gasteiger partial charge is 0.396 e. The predicted molar refractivity (Wildman–Crippen MR) is 141 cm³/mol. The molecule has 35 heavy (non-hydrogen) atoms. The summed E-state index contributed by atoms with van der Waals surface area (Å²) in [6, 6.07) is 0. The van der Waals surface area contributed by atoms with Crippen LogP contribution in [-0.2, 0) is 4.74 Å². The van der Waals surface area contributed by atoms with Crippen molar-refractivity contribution in [1.29, 1.82) is 0 Å². The minimum absolute atomic E-state index is 0.0169. The van der Waals surface area contributed by atoms with Gasteiger partial charge in [0, 0.05) is 27.9 Å². The summed E-state index contributed by atoms with van der Waals surface area (Å²) in [5.41, 5.74) is 0.0858. The minimum atomic E-state index is -2.98. The molecule has 4 N–H and O–H groups in total. The lowest BCUT2D eigenvalue weighted by Gasteiger charge is -2.44. The Kier molecular flexibility index (Phi) is 7.23. The molecular weight excluding hydrogens is 440 g/mol. The smallest absolute Gasteiger partial charge is 0.114 e. The van der Waals surface area contributed by atoms with Gasteiger partial charge in [-0.15, -0.1) is 0 Å². The van der Waals surface area contributed by atoms with Gasteiger partial charge in [0.15, 0.2) is 0 Å². The van der Waals surface area contributed by atoms with Crippen LogP contribution in [0.15, 0.2) is 35.5 Å². The monoisotopic (exact) mass is 496 g/mol. The Morgan fingerprint density at radius 3 is 2.74 bits per heavy atom. The Morgan fingerprint density at radius 1 is 1.26 bits per heavy atom. The maximum absolute atomic E-state index is 10.7. The van der Waals surface area contributed by atoms with E-state index in [4.69, 9.17) is 18.1 Å². The van der Waals surface area contributed by atoms with Crippen molar-refractivity contribution >= 4 is 0 Å². The first kappa shape index (κ1) is 21.0. The van der Waals surface area contributed by atoms with Gasteiger partial charge in [-0.2, -0.15) is 0 Å². The molecule has 0 heterocycles. The van der Waals surface area contributed by atoms with Crippen molar-refractivity contribution in [3.8, 4) is 0 Å². The number of rotatable bonds is 10. The van der Waals surface area contributed by atoms with Gasteiger partial charge >= 0.3 is 0 Å². The van der Waals surface area contributed by atoms with Gasteiger partial charge in [0.25, 0.3) is 0 Å². The molecule has 0 aromatic heterocycles. The van der Waals surface area contributed by atoms with E-state index in [9.17, 15) is 15.3 Å². The van der Waals surface area contributed by atoms with Gasteiger partial charge in [-0.25, -0.2) is 0 Å². The number of fused-ring (bicyclic) bond motifs is 1. The van der Waals surface area contributed by atoms with Crippen LogP contribution in [0.1, 0.15) is 100.0 Å². The Labute approximate surface area is 221 Å².